The maximum absolute atomic E-state index is 10.8. The summed E-state index contributed by atoms with van der Waals surface area (Å²) in [5, 5.41) is 26.0. The minimum absolute atomic E-state index is 0. The first-order valence-corrected chi connectivity index (χ1v) is 12.7. The highest BCUT2D eigenvalue weighted by atomic mass is 32.2. The fraction of sp³-hybridized carbons (Fsp3) is 0.400. The molecule has 1 saturated heterocycles. The number of hydrogen-bond acceptors (Lipinski definition) is 9. The number of thioether (sulfide) groups is 1. The fourth-order valence-electron chi connectivity index (χ4n) is 4.45. The highest BCUT2D eigenvalue weighted by Gasteiger charge is 2.44. The number of rotatable bonds is 8. The molecule has 9 nitrogen and oxygen atoms in total. The van der Waals surface area contributed by atoms with Crippen molar-refractivity contribution in [3.8, 4) is 11.6 Å². The van der Waals surface area contributed by atoms with Gasteiger partial charge in [-0.15, -0.1) is 11.8 Å². The van der Waals surface area contributed by atoms with Gasteiger partial charge in [-0.3, -0.25) is 0 Å². The molecule has 3 aromatic heterocycles. The van der Waals surface area contributed by atoms with Gasteiger partial charge in [-0.05, 0) is 49.1 Å². The number of aliphatic hydroxyl groups is 2. The predicted octanol–water partition coefficient (Wildman–Crippen LogP) is 3.47. The Bertz CT molecular complexity index is 1370. The molecule has 4 heterocycles. The van der Waals surface area contributed by atoms with Crippen molar-refractivity contribution < 1.29 is 21.1 Å². The summed E-state index contributed by atoms with van der Waals surface area (Å²) < 4.78 is 13.2. The normalized spacial score (nSPS) is 24.2. The van der Waals surface area contributed by atoms with Crippen LogP contribution in [-0.2, 0) is 0 Å². The molecule has 4 aromatic rings. The highest BCUT2D eigenvalue weighted by Crippen LogP contribution is 2.44. The van der Waals surface area contributed by atoms with Gasteiger partial charge >= 0.3 is 0 Å². The second kappa shape index (κ2) is 9.18. The minimum atomic E-state index is -0.969. The van der Waals surface area contributed by atoms with E-state index in [0.717, 1.165) is 34.6 Å². The van der Waals surface area contributed by atoms with E-state index in [1.807, 2.05) is 41.1 Å². The lowest BCUT2D eigenvalue weighted by Gasteiger charge is -2.17. The summed E-state index contributed by atoms with van der Waals surface area (Å²) in [5.41, 5.74) is 1.50. The van der Waals surface area contributed by atoms with Crippen LogP contribution in [0.5, 0.6) is 11.6 Å². The third kappa shape index (κ3) is 4.37. The van der Waals surface area contributed by atoms with E-state index in [1.165, 1.54) is 30.9 Å². The number of aliphatic hydroxyl groups excluding tert-OH is 2. The number of ether oxygens (including phenoxy) is 2. The number of nitrogens with zero attached hydrogens (tertiary/aromatic N) is 4. The van der Waals surface area contributed by atoms with Crippen molar-refractivity contribution >= 4 is 39.5 Å². The van der Waals surface area contributed by atoms with Gasteiger partial charge in [0.1, 0.15) is 41.6 Å². The Balaban J connectivity index is 0.00000267. The monoisotopic (exact) mass is 495 g/mol. The maximum Gasteiger partial charge on any atom is 0.225 e. The van der Waals surface area contributed by atoms with Crippen molar-refractivity contribution in [1.82, 2.24) is 19.5 Å². The molecule has 6 rings (SSSR count). The van der Waals surface area contributed by atoms with Crippen LogP contribution < -0.4 is 14.8 Å². The highest BCUT2D eigenvalue weighted by molar-refractivity contribution is 8.00. The fourth-order valence-corrected chi connectivity index (χ4v) is 5.90. The molecular weight excluding hydrogens is 466 g/mol. The van der Waals surface area contributed by atoms with Crippen LogP contribution in [0, 0.1) is 5.92 Å². The van der Waals surface area contributed by atoms with Crippen LogP contribution in [0.25, 0.3) is 21.9 Å². The third-order valence-corrected chi connectivity index (χ3v) is 8.17. The van der Waals surface area contributed by atoms with Gasteiger partial charge in [0, 0.05) is 25.6 Å². The molecular formula is C25H29N5O4S. The molecule has 3 N–H and O–H groups in total. The summed E-state index contributed by atoms with van der Waals surface area (Å²) in [5.74, 6) is 2.80. The summed E-state index contributed by atoms with van der Waals surface area (Å²) in [6.07, 6.45) is 3.94. The van der Waals surface area contributed by atoms with E-state index in [0.29, 0.717) is 17.3 Å². The van der Waals surface area contributed by atoms with Gasteiger partial charge in [-0.2, -0.15) is 0 Å². The van der Waals surface area contributed by atoms with Crippen molar-refractivity contribution in [2.45, 2.75) is 35.7 Å². The van der Waals surface area contributed by atoms with Gasteiger partial charge in [-0.1, -0.05) is 0 Å². The summed E-state index contributed by atoms with van der Waals surface area (Å²) >= 11 is 1.46. The molecule has 1 aliphatic carbocycles. The molecule has 0 bridgehead atoms. The summed E-state index contributed by atoms with van der Waals surface area (Å²) in [4.78, 5) is 13.2. The molecule has 10 heteroatoms. The van der Waals surface area contributed by atoms with E-state index < -0.39 is 17.6 Å². The number of nitrogens with one attached hydrogen (secondary N) is 1. The molecule has 4 atom stereocenters. The van der Waals surface area contributed by atoms with Crippen LogP contribution in [0.4, 0.5) is 5.82 Å². The number of hydrogen-bond donors (Lipinski definition) is 3. The average Bonchev–Trinajstić information content (AvgIpc) is 3.56. The molecule has 0 spiro atoms. The largest absolute Gasteiger partial charge is 0.492 e. The first-order chi connectivity index (χ1) is 17.1. The van der Waals surface area contributed by atoms with Crippen LogP contribution in [0.15, 0.2) is 48.9 Å². The number of aromatic nitrogens is 4. The van der Waals surface area contributed by atoms with Crippen LogP contribution in [0.2, 0.25) is 0 Å². The Labute approximate surface area is 208 Å². The van der Waals surface area contributed by atoms with Crippen molar-refractivity contribution in [2.75, 3.05) is 25.6 Å². The van der Waals surface area contributed by atoms with Gasteiger partial charge < -0.3 is 29.6 Å². The minimum Gasteiger partial charge on any atom is -0.492 e. The van der Waals surface area contributed by atoms with Crippen molar-refractivity contribution in [3.05, 3.63) is 48.9 Å². The topological polar surface area (TPSA) is 115 Å². The lowest BCUT2D eigenvalue weighted by molar-refractivity contribution is 0.0128. The SMILES string of the molecule is COc1ncnc2c1ccn2[C@@H]1S[C@H](COc2ccc3ccc(NCC4CC4)nc3c2)[C@@H](O)[C@H]1O.[HH]. The number of benzene rings is 1. The number of pyridine rings is 1. The van der Waals surface area contributed by atoms with Crippen molar-refractivity contribution in [3.63, 3.8) is 0 Å². The van der Waals surface area contributed by atoms with E-state index in [2.05, 4.69) is 21.4 Å². The summed E-state index contributed by atoms with van der Waals surface area (Å²) in [6, 6.07) is 11.7. The molecule has 2 fully saturated rings. The molecule has 1 saturated carbocycles. The van der Waals surface area contributed by atoms with Crippen LogP contribution in [-0.4, -0.2) is 67.5 Å². The first kappa shape index (κ1) is 22.4. The Morgan fingerprint density at radius 3 is 2.83 bits per heavy atom. The Hall–Kier alpha value is -3.08. The van der Waals surface area contributed by atoms with Crippen LogP contribution in [0.3, 0.4) is 0 Å². The second-order valence-corrected chi connectivity index (χ2v) is 10.4. The van der Waals surface area contributed by atoms with E-state index in [9.17, 15) is 10.2 Å². The van der Waals surface area contributed by atoms with Gasteiger partial charge in [0.2, 0.25) is 5.88 Å². The zero-order valence-electron chi connectivity index (χ0n) is 19.2. The average molecular weight is 496 g/mol. The van der Waals surface area contributed by atoms with E-state index in [-0.39, 0.29) is 13.3 Å². The molecule has 1 aromatic carbocycles. The second-order valence-electron chi connectivity index (χ2n) is 9.08. The molecule has 35 heavy (non-hydrogen) atoms. The summed E-state index contributed by atoms with van der Waals surface area (Å²) in [7, 11) is 1.56. The number of fused-ring (bicyclic) bond motifs is 2. The van der Waals surface area contributed by atoms with Crippen molar-refractivity contribution in [2.24, 2.45) is 5.92 Å². The number of methoxy groups -OCH3 is 1. The zero-order valence-corrected chi connectivity index (χ0v) is 20.1. The van der Waals surface area contributed by atoms with E-state index in [4.69, 9.17) is 14.5 Å². The molecule has 0 radical (unpaired) electrons. The molecule has 1 aliphatic heterocycles. The molecule has 184 valence electrons. The Kier molecular flexibility index (Phi) is 5.87. The van der Waals surface area contributed by atoms with Gasteiger partial charge in [-0.25, -0.2) is 15.0 Å². The first-order valence-electron chi connectivity index (χ1n) is 11.8. The Morgan fingerprint density at radius 1 is 1.14 bits per heavy atom. The van der Waals surface area contributed by atoms with Gasteiger partial charge in [0.05, 0.1) is 29.4 Å². The van der Waals surface area contributed by atoms with Crippen molar-refractivity contribution in [1.29, 1.82) is 0 Å². The van der Waals surface area contributed by atoms with Gasteiger partial charge in [0.15, 0.2) is 0 Å². The predicted molar refractivity (Wildman–Crippen MR) is 137 cm³/mol. The number of anilines is 1. The standard InChI is InChI=1S/C25H27N5O4S.H2/c1-33-24-17-8-9-30(23(17)27-13-28-24)25-22(32)21(31)19(35-25)12-34-16-6-4-15-5-7-20(29-18(15)10-16)26-11-14-2-3-14;/h4-10,13-14,19,21-22,25,31-32H,2-3,11-12H2,1H3,(H,26,29);1H/t19-,21-,22-,25-;/m1./s1. The van der Waals surface area contributed by atoms with E-state index >= 15 is 0 Å². The molecule has 2 aliphatic rings. The third-order valence-electron chi connectivity index (χ3n) is 6.62. The summed E-state index contributed by atoms with van der Waals surface area (Å²) in [6.45, 7) is 1.21. The van der Waals surface area contributed by atoms with Gasteiger partial charge in [0.25, 0.3) is 0 Å². The lowest BCUT2D eigenvalue weighted by atomic mass is 10.1. The molecule has 0 unspecified atom stereocenters. The zero-order chi connectivity index (χ0) is 23.9. The Morgan fingerprint density at radius 2 is 2.00 bits per heavy atom. The lowest BCUT2D eigenvalue weighted by Crippen LogP contribution is -2.34. The van der Waals surface area contributed by atoms with Crippen LogP contribution >= 0.6 is 11.8 Å². The molecule has 0 amide bonds. The smallest absolute Gasteiger partial charge is 0.225 e. The quantitative estimate of drug-likeness (QED) is 0.338. The van der Waals surface area contributed by atoms with Crippen LogP contribution in [0.1, 0.15) is 19.6 Å². The van der Waals surface area contributed by atoms with E-state index in [1.54, 1.807) is 7.11 Å². The maximum atomic E-state index is 10.8.